The van der Waals surface area contributed by atoms with Gasteiger partial charge in [0.15, 0.2) is 11.3 Å². The van der Waals surface area contributed by atoms with E-state index in [1.165, 1.54) is 11.3 Å². The average Bonchev–Trinajstić information content (AvgIpc) is 2.70. The lowest BCUT2D eigenvalue weighted by molar-refractivity contribution is 0.112. The van der Waals surface area contributed by atoms with E-state index in [2.05, 4.69) is 4.98 Å². The molecule has 3 nitrogen and oxygen atoms in total. The number of carbonyl (C=O) groups excluding carboxylic acids is 1. The molecule has 0 unspecified atom stereocenters. The highest BCUT2D eigenvalue weighted by Gasteiger charge is 2.11. The Labute approximate surface area is 108 Å². The molecule has 0 aliphatic heterocycles. The van der Waals surface area contributed by atoms with Gasteiger partial charge in [-0.15, -0.1) is 11.3 Å². The number of rotatable bonds is 3. The van der Waals surface area contributed by atoms with Gasteiger partial charge < -0.3 is 4.74 Å². The van der Waals surface area contributed by atoms with Crippen molar-refractivity contribution in [2.24, 2.45) is 0 Å². The third-order valence-electron chi connectivity index (χ3n) is 2.34. The van der Waals surface area contributed by atoms with Crippen molar-refractivity contribution >= 4 is 29.2 Å². The molecule has 1 heterocycles. The third kappa shape index (κ3) is 2.33. The van der Waals surface area contributed by atoms with Crippen molar-refractivity contribution in [2.45, 2.75) is 6.92 Å². The molecule has 5 heteroatoms. The number of benzene rings is 1. The van der Waals surface area contributed by atoms with Crippen LogP contribution in [0.15, 0.2) is 18.2 Å². The Hall–Kier alpha value is -1.39. The second-order valence-electron chi connectivity index (χ2n) is 3.42. The van der Waals surface area contributed by atoms with Crippen molar-refractivity contribution in [3.63, 3.8) is 0 Å². The molecule has 1 aromatic carbocycles. The number of ether oxygens (including phenoxy) is 1. The van der Waals surface area contributed by atoms with Gasteiger partial charge in [0.1, 0.15) is 5.75 Å². The van der Waals surface area contributed by atoms with Crippen molar-refractivity contribution in [1.82, 2.24) is 4.98 Å². The maximum absolute atomic E-state index is 10.7. The Morgan fingerprint density at radius 2 is 2.24 bits per heavy atom. The second kappa shape index (κ2) is 4.85. The highest BCUT2D eigenvalue weighted by atomic mass is 35.5. The summed E-state index contributed by atoms with van der Waals surface area (Å²) in [6, 6.07) is 5.45. The topological polar surface area (TPSA) is 39.2 Å². The zero-order valence-corrected chi connectivity index (χ0v) is 10.9. The molecule has 0 N–H and O–H groups in total. The van der Waals surface area contributed by atoms with Crippen LogP contribution in [0.5, 0.6) is 5.75 Å². The van der Waals surface area contributed by atoms with Crippen LogP contribution in [-0.2, 0) is 0 Å². The summed E-state index contributed by atoms with van der Waals surface area (Å²) in [6.45, 7) is 1.93. The number of aromatic nitrogens is 1. The molecule has 1 aromatic heterocycles. The molecular formula is C12H10ClNO2S. The molecule has 0 spiro atoms. The van der Waals surface area contributed by atoms with Gasteiger partial charge >= 0.3 is 0 Å². The Morgan fingerprint density at radius 1 is 1.47 bits per heavy atom. The number of thiazole rings is 1. The van der Waals surface area contributed by atoms with E-state index in [1.54, 1.807) is 19.2 Å². The van der Waals surface area contributed by atoms with Gasteiger partial charge in [-0.25, -0.2) is 4.98 Å². The highest BCUT2D eigenvalue weighted by molar-refractivity contribution is 7.13. The number of nitrogens with zero attached hydrogens (tertiary/aromatic N) is 1. The van der Waals surface area contributed by atoms with E-state index < -0.39 is 0 Å². The van der Waals surface area contributed by atoms with Crippen LogP contribution in [0.2, 0.25) is 5.02 Å². The fourth-order valence-electron chi connectivity index (χ4n) is 1.55. The number of carbonyl (C=O) groups is 1. The molecule has 0 radical (unpaired) electrons. The molecule has 2 rings (SSSR count). The number of hydrogen-bond donors (Lipinski definition) is 0. The summed E-state index contributed by atoms with van der Waals surface area (Å²) in [5.41, 5.74) is 1.68. The van der Waals surface area contributed by atoms with E-state index >= 15 is 0 Å². The highest BCUT2D eigenvalue weighted by Crippen LogP contribution is 2.32. The molecule has 0 aliphatic rings. The molecule has 0 aliphatic carbocycles. The normalized spacial score (nSPS) is 10.3. The SMILES string of the molecule is COc1ccc(-c2nc(C=O)sc2C)cc1Cl. The summed E-state index contributed by atoms with van der Waals surface area (Å²) < 4.78 is 5.09. The van der Waals surface area contributed by atoms with Crippen LogP contribution in [0.1, 0.15) is 14.7 Å². The number of aldehydes is 1. The summed E-state index contributed by atoms with van der Waals surface area (Å²) >= 11 is 7.43. The zero-order chi connectivity index (χ0) is 12.4. The van der Waals surface area contributed by atoms with Crippen molar-refractivity contribution in [2.75, 3.05) is 7.11 Å². The van der Waals surface area contributed by atoms with Crippen LogP contribution in [0, 0.1) is 6.92 Å². The monoisotopic (exact) mass is 267 g/mol. The lowest BCUT2D eigenvalue weighted by Gasteiger charge is -2.04. The maximum atomic E-state index is 10.7. The van der Waals surface area contributed by atoms with Crippen molar-refractivity contribution < 1.29 is 9.53 Å². The quantitative estimate of drug-likeness (QED) is 0.798. The predicted octanol–water partition coefficient (Wildman–Crippen LogP) is 3.59. The smallest absolute Gasteiger partial charge is 0.178 e. The van der Waals surface area contributed by atoms with Gasteiger partial charge in [-0.05, 0) is 25.1 Å². The van der Waals surface area contributed by atoms with E-state index in [9.17, 15) is 4.79 Å². The van der Waals surface area contributed by atoms with Crippen molar-refractivity contribution in [3.8, 4) is 17.0 Å². The number of methoxy groups -OCH3 is 1. The fourth-order valence-corrected chi connectivity index (χ4v) is 2.57. The first-order chi connectivity index (χ1) is 8.15. The minimum absolute atomic E-state index is 0.476. The molecular weight excluding hydrogens is 258 g/mol. The van der Waals surface area contributed by atoms with Gasteiger partial charge in [-0.2, -0.15) is 0 Å². The lowest BCUT2D eigenvalue weighted by Crippen LogP contribution is -1.86. The van der Waals surface area contributed by atoms with E-state index in [0.717, 1.165) is 22.4 Å². The molecule has 88 valence electrons. The zero-order valence-electron chi connectivity index (χ0n) is 9.36. The number of hydrogen-bond acceptors (Lipinski definition) is 4. The largest absolute Gasteiger partial charge is 0.495 e. The first-order valence-corrected chi connectivity index (χ1v) is 6.11. The van der Waals surface area contributed by atoms with Crippen LogP contribution in [0.3, 0.4) is 0 Å². The first kappa shape index (κ1) is 12.1. The summed E-state index contributed by atoms with van der Waals surface area (Å²) in [5, 5.41) is 1.01. The lowest BCUT2D eigenvalue weighted by atomic mass is 10.1. The van der Waals surface area contributed by atoms with Crippen LogP contribution >= 0.6 is 22.9 Å². The van der Waals surface area contributed by atoms with Gasteiger partial charge in [0, 0.05) is 10.4 Å². The summed E-state index contributed by atoms with van der Waals surface area (Å²) in [5.74, 6) is 0.624. The Kier molecular flexibility index (Phi) is 3.45. The average molecular weight is 268 g/mol. The standard InChI is InChI=1S/C12H10ClNO2S/c1-7-12(14-11(6-15)17-7)8-3-4-10(16-2)9(13)5-8/h3-6H,1-2H3. The summed E-state index contributed by atoms with van der Waals surface area (Å²) in [6.07, 6.45) is 0.756. The molecule has 0 saturated carbocycles. The van der Waals surface area contributed by atoms with E-state index in [0.29, 0.717) is 15.8 Å². The van der Waals surface area contributed by atoms with Crippen LogP contribution < -0.4 is 4.74 Å². The third-order valence-corrected chi connectivity index (χ3v) is 3.53. The summed E-state index contributed by atoms with van der Waals surface area (Å²) in [4.78, 5) is 15.9. The van der Waals surface area contributed by atoms with Crippen LogP contribution in [0.25, 0.3) is 11.3 Å². The molecule has 17 heavy (non-hydrogen) atoms. The molecule has 0 saturated heterocycles. The van der Waals surface area contributed by atoms with E-state index in [1.807, 2.05) is 13.0 Å². The van der Waals surface area contributed by atoms with E-state index in [4.69, 9.17) is 16.3 Å². The predicted molar refractivity (Wildman–Crippen MR) is 69.2 cm³/mol. The molecule has 0 fully saturated rings. The number of aryl methyl sites for hydroxylation is 1. The summed E-state index contributed by atoms with van der Waals surface area (Å²) in [7, 11) is 1.57. The van der Waals surface area contributed by atoms with Crippen molar-refractivity contribution in [1.29, 1.82) is 0 Å². The Bertz CT molecular complexity index is 566. The van der Waals surface area contributed by atoms with Gasteiger partial charge in [0.05, 0.1) is 17.8 Å². The molecule has 0 atom stereocenters. The number of halogens is 1. The van der Waals surface area contributed by atoms with Gasteiger partial charge in [0.25, 0.3) is 0 Å². The maximum Gasteiger partial charge on any atom is 0.178 e. The van der Waals surface area contributed by atoms with E-state index in [-0.39, 0.29) is 0 Å². The fraction of sp³-hybridized carbons (Fsp3) is 0.167. The second-order valence-corrected chi connectivity index (χ2v) is 5.07. The minimum atomic E-state index is 0.476. The van der Waals surface area contributed by atoms with Crippen molar-refractivity contribution in [3.05, 3.63) is 33.1 Å². The molecule has 0 bridgehead atoms. The van der Waals surface area contributed by atoms with Crippen LogP contribution in [-0.4, -0.2) is 18.4 Å². The first-order valence-electron chi connectivity index (χ1n) is 4.92. The Morgan fingerprint density at radius 3 is 2.76 bits per heavy atom. The Balaban J connectivity index is 2.49. The van der Waals surface area contributed by atoms with Gasteiger partial charge in [-0.3, -0.25) is 4.79 Å². The molecule has 2 aromatic rings. The van der Waals surface area contributed by atoms with Crippen LogP contribution in [0.4, 0.5) is 0 Å². The van der Waals surface area contributed by atoms with Gasteiger partial charge in [-0.1, -0.05) is 11.6 Å². The molecule has 0 amide bonds. The van der Waals surface area contributed by atoms with Gasteiger partial charge in [0.2, 0.25) is 0 Å². The minimum Gasteiger partial charge on any atom is -0.495 e.